The molecule has 1 aliphatic heterocycles. The normalized spacial score (nSPS) is 19.1. The minimum atomic E-state index is 0.224. The number of benzene rings is 1. The van der Waals surface area contributed by atoms with Crippen molar-refractivity contribution in [1.29, 1.82) is 0 Å². The van der Waals surface area contributed by atoms with Gasteiger partial charge in [-0.25, -0.2) is 10.8 Å². The molecule has 1 unspecified atom stereocenters. The third-order valence-electron chi connectivity index (χ3n) is 3.56. The highest BCUT2D eigenvalue weighted by Gasteiger charge is 2.24. The molecule has 6 heteroatoms. The Bertz CT molecular complexity index is 588. The summed E-state index contributed by atoms with van der Waals surface area (Å²) in [6.07, 6.45) is 0.986. The summed E-state index contributed by atoms with van der Waals surface area (Å²) in [6, 6.07) is 7.88. The van der Waals surface area contributed by atoms with Crippen molar-refractivity contribution in [3.05, 3.63) is 24.3 Å². The lowest BCUT2D eigenvalue weighted by Gasteiger charge is -2.19. The molecule has 1 saturated heterocycles. The van der Waals surface area contributed by atoms with E-state index < -0.39 is 0 Å². The number of nitrogens with one attached hydrogen (secondary N) is 1. The number of nitrogens with zero attached hydrogens (tertiary/aromatic N) is 3. The molecule has 4 N–H and O–H groups in total. The number of fused-ring (bicyclic) bond motifs is 1. The molecular formula is C13H17N5O. The maximum Gasteiger partial charge on any atom is 0.239 e. The predicted octanol–water partition coefficient (Wildman–Crippen LogP) is 0.734. The Morgan fingerprint density at radius 2 is 2.21 bits per heavy atom. The largest absolute Gasteiger partial charge is 0.396 e. The molecule has 1 aromatic carbocycles. The van der Waals surface area contributed by atoms with Crippen molar-refractivity contribution in [1.82, 2.24) is 9.97 Å². The second kappa shape index (κ2) is 4.99. The van der Waals surface area contributed by atoms with Crippen LogP contribution in [0.2, 0.25) is 0 Å². The predicted molar refractivity (Wildman–Crippen MR) is 74.8 cm³/mol. The third kappa shape index (κ3) is 2.20. The molecule has 2 aromatic rings. The van der Waals surface area contributed by atoms with Crippen molar-refractivity contribution >= 4 is 22.7 Å². The molecule has 1 atom stereocenters. The van der Waals surface area contributed by atoms with Crippen molar-refractivity contribution in [2.75, 3.05) is 30.0 Å². The molecule has 0 amide bonds. The highest BCUT2D eigenvalue weighted by atomic mass is 16.3. The molecule has 0 aliphatic carbocycles. The molecular weight excluding hydrogens is 242 g/mol. The first-order valence-electron chi connectivity index (χ1n) is 6.41. The Kier molecular flexibility index (Phi) is 3.18. The van der Waals surface area contributed by atoms with Gasteiger partial charge in [0.25, 0.3) is 0 Å². The summed E-state index contributed by atoms with van der Waals surface area (Å²) in [5.41, 5.74) is 3.38. The molecule has 1 fully saturated rings. The van der Waals surface area contributed by atoms with Crippen LogP contribution < -0.4 is 16.2 Å². The van der Waals surface area contributed by atoms with E-state index in [2.05, 4.69) is 20.3 Å². The summed E-state index contributed by atoms with van der Waals surface area (Å²) >= 11 is 0. The van der Waals surface area contributed by atoms with Gasteiger partial charge in [-0.3, -0.25) is 5.43 Å². The van der Waals surface area contributed by atoms with E-state index in [9.17, 15) is 5.11 Å². The van der Waals surface area contributed by atoms with Crippen molar-refractivity contribution in [3.8, 4) is 0 Å². The number of hydrazine groups is 1. The Labute approximate surface area is 111 Å². The van der Waals surface area contributed by atoms with Crippen LogP contribution in [-0.2, 0) is 0 Å². The first-order chi connectivity index (χ1) is 9.31. The summed E-state index contributed by atoms with van der Waals surface area (Å²) in [7, 11) is 0. The van der Waals surface area contributed by atoms with Gasteiger partial charge in [-0.1, -0.05) is 12.1 Å². The van der Waals surface area contributed by atoms with Gasteiger partial charge in [-0.15, -0.1) is 0 Å². The lowest BCUT2D eigenvalue weighted by Crippen LogP contribution is -2.23. The topological polar surface area (TPSA) is 87.3 Å². The lowest BCUT2D eigenvalue weighted by molar-refractivity contribution is 0.238. The Morgan fingerprint density at radius 1 is 1.37 bits per heavy atom. The number of nitrogens with two attached hydrogens (primary N) is 1. The second-order valence-corrected chi connectivity index (χ2v) is 4.82. The summed E-state index contributed by atoms with van der Waals surface area (Å²) in [5, 5.41) is 10.3. The van der Waals surface area contributed by atoms with Crippen LogP contribution in [0.3, 0.4) is 0 Å². The summed E-state index contributed by atoms with van der Waals surface area (Å²) < 4.78 is 0. The highest BCUT2D eigenvalue weighted by molar-refractivity contribution is 5.90. The zero-order chi connectivity index (χ0) is 13.2. The minimum Gasteiger partial charge on any atom is -0.396 e. The number of aliphatic hydroxyl groups excluding tert-OH is 1. The molecule has 6 nitrogen and oxygen atoms in total. The van der Waals surface area contributed by atoms with Crippen LogP contribution in [0.25, 0.3) is 10.9 Å². The Hall–Kier alpha value is -1.92. The first-order valence-corrected chi connectivity index (χ1v) is 6.41. The van der Waals surface area contributed by atoms with E-state index in [-0.39, 0.29) is 6.61 Å². The molecule has 0 radical (unpaired) electrons. The van der Waals surface area contributed by atoms with Gasteiger partial charge < -0.3 is 10.0 Å². The van der Waals surface area contributed by atoms with E-state index in [1.165, 1.54) is 0 Å². The number of anilines is 2. The Morgan fingerprint density at radius 3 is 2.95 bits per heavy atom. The molecule has 3 rings (SSSR count). The molecule has 19 heavy (non-hydrogen) atoms. The van der Waals surface area contributed by atoms with Gasteiger partial charge >= 0.3 is 0 Å². The molecule has 0 saturated carbocycles. The summed E-state index contributed by atoms with van der Waals surface area (Å²) in [5.74, 6) is 7.05. The molecule has 1 aromatic heterocycles. The van der Waals surface area contributed by atoms with Gasteiger partial charge in [-0.2, -0.15) is 4.98 Å². The summed E-state index contributed by atoms with van der Waals surface area (Å²) in [6.45, 7) is 1.94. The summed E-state index contributed by atoms with van der Waals surface area (Å²) in [4.78, 5) is 11.0. The SMILES string of the molecule is NNc1nc(N2CCC(CO)C2)c2ccccc2n1. The van der Waals surface area contributed by atoms with Crippen LogP contribution in [-0.4, -0.2) is 34.8 Å². The maximum absolute atomic E-state index is 9.25. The fourth-order valence-electron chi connectivity index (χ4n) is 2.54. The average molecular weight is 259 g/mol. The minimum absolute atomic E-state index is 0.224. The number of aliphatic hydroxyl groups is 1. The Balaban J connectivity index is 2.06. The van der Waals surface area contributed by atoms with Crippen molar-refractivity contribution < 1.29 is 5.11 Å². The maximum atomic E-state index is 9.25. The van der Waals surface area contributed by atoms with Crippen LogP contribution >= 0.6 is 0 Å². The first kappa shape index (κ1) is 12.1. The van der Waals surface area contributed by atoms with Gasteiger partial charge in [0, 0.05) is 31.0 Å². The van der Waals surface area contributed by atoms with Crippen LogP contribution in [0.15, 0.2) is 24.3 Å². The molecule has 2 heterocycles. The molecule has 100 valence electrons. The van der Waals surface area contributed by atoms with Gasteiger partial charge in [0.1, 0.15) is 5.82 Å². The van der Waals surface area contributed by atoms with E-state index in [1.807, 2.05) is 24.3 Å². The van der Waals surface area contributed by atoms with Gasteiger partial charge in [0.05, 0.1) is 5.52 Å². The lowest BCUT2D eigenvalue weighted by atomic mass is 10.1. The van der Waals surface area contributed by atoms with Crippen molar-refractivity contribution in [3.63, 3.8) is 0 Å². The van der Waals surface area contributed by atoms with Gasteiger partial charge in [0.15, 0.2) is 0 Å². The smallest absolute Gasteiger partial charge is 0.239 e. The van der Waals surface area contributed by atoms with E-state index in [1.54, 1.807) is 0 Å². The van der Waals surface area contributed by atoms with Crippen LogP contribution in [0, 0.1) is 5.92 Å². The number of para-hydroxylation sites is 1. The number of hydrogen-bond donors (Lipinski definition) is 3. The molecule has 0 bridgehead atoms. The average Bonchev–Trinajstić information content (AvgIpc) is 2.94. The van der Waals surface area contributed by atoms with Crippen molar-refractivity contribution in [2.45, 2.75) is 6.42 Å². The number of aromatic nitrogens is 2. The zero-order valence-corrected chi connectivity index (χ0v) is 10.6. The third-order valence-corrected chi connectivity index (χ3v) is 3.56. The van der Waals surface area contributed by atoms with Crippen LogP contribution in [0.1, 0.15) is 6.42 Å². The quantitative estimate of drug-likeness (QED) is 0.556. The van der Waals surface area contributed by atoms with E-state index in [4.69, 9.17) is 5.84 Å². The molecule has 0 spiro atoms. The van der Waals surface area contributed by atoms with Gasteiger partial charge in [0.2, 0.25) is 5.95 Å². The van der Waals surface area contributed by atoms with E-state index >= 15 is 0 Å². The second-order valence-electron chi connectivity index (χ2n) is 4.82. The highest BCUT2D eigenvalue weighted by Crippen LogP contribution is 2.29. The number of hydrogen-bond acceptors (Lipinski definition) is 6. The van der Waals surface area contributed by atoms with Crippen LogP contribution in [0.4, 0.5) is 11.8 Å². The monoisotopic (exact) mass is 259 g/mol. The standard InChI is InChI=1S/C13H17N5O/c14-17-13-15-11-4-2-1-3-10(11)12(16-13)18-6-5-9(7-18)8-19/h1-4,9,19H,5-8,14H2,(H,15,16,17). The number of rotatable bonds is 3. The van der Waals surface area contributed by atoms with Crippen LogP contribution in [0.5, 0.6) is 0 Å². The van der Waals surface area contributed by atoms with Crippen molar-refractivity contribution in [2.24, 2.45) is 11.8 Å². The fraction of sp³-hybridized carbons (Fsp3) is 0.385. The zero-order valence-electron chi connectivity index (χ0n) is 10.6. The van der Waals surface area contributed by atoms with E-state index in [0.717, 1.165) is 36.2 Å². The van der Waals surface area contributed by atoms with E-state index in [0.29, 0.717) is 11.9 Å². The van der Waals surface area contributed by atoms with Gasteiger partial charge in [-0.05, 0) is 18.6 Å². The number of nitrogen functional groups attached to an aromatic ring is 1. The molecule has 1 aliphatic rings. The fourth-order valence-corrected chi connectivity index (χ4v) is 2.54.